The number of para-hydroxylation sites is 1. The van der Waals surface area contributed by atoms with Crippen molar-refractivity contribution < 1.29 is 14.3 Å². The van der Waals surface area contributed by atoms with Crippen molar-refractivity contribution in [1.82, 2.24) is 14.8 Å². The van der Waals surface area contributed by atoms with E-state index in [1.54, 1.807) is 34.2 Å². The van der Waals surface area contributed by atoms with Gasteiger partial charge in [-0.3, -0.25) is 14.6 Å². The van der Waals surface area contributed by atoms with Gasteiger partial charge < -0.3 is 14.5 Å². The quantitative estimate of drug-likeness (QED) is 0.853. The van der Waals surface area contributed by atoms with Crippen LogP contribution in [0.25, 0.3) is 0 Å². The zero-order valence-electron chi connectivity index (χ0n) is 13.3. The lowest BCUT2D eigenvalue weighted by Crippen LogP contribution is -2.51. The van der Waals surface area contributed by atoms with E-state index in [1.807, 2.05) is 30.3 Å². The number of nitrogens with zero attached hydrogens (tertiary/aromatic N) is 3. The molecule has 2 amide bonds. The molecule has 6 nitrogen and oxygen atoms in total. The summed E-state index contributed by atoms with van der Waals surface area (Å²) in [4.78, 5) is 32.1. The SMILES string of the molecule is O=C(COc1ccccc1)N1CCN(C(=O)c2ccccn2)CC1. The van der Waals surface area contributed by atoms with Crippen LogP contribution in [0.1, 0.15) is 10.5 Å². The summed E-state index contributed by atoms with van der Waals surface area (Å²) in [6, 6.07) is 14.5. The Hall–Kier alpha value is -2.89. The maximum atomic E-state index is 12.3. The maximum absolute atomic E-state index is 12.3. The van der Waals surface area contributed by atoms with Crippen molar-refractivity contribution in [3.8, 4) is 5.75 Å². The third-order valence-corrected chi connectivity index (χ3v) is 3.91. The van der Waals surface area contributed by atoms with Crippen LogP contribution in [0.2, 0.25) is 0 Å². The summed E-state index contributed by atoms with van der Waals surface area (Å²) in [5.41, 5.74) is 0.435. The number of rotatable bonds is 4. The third kappa shape index (κ3) is 3.90. The molecule has 0 spiro atoms. The Morgan fingerprint density at radius 2 is 1.58 bits per heavy atom. The molecule has 0 atom stereocenters. The molecule has 6 heteroatoms. The molecule has 3 rings (SSSR count). The van der Waals surface area contributed by atoms with Crippen molar-refractivity contribution in [2.24, 2.45) is 0 Å². The van der Waals surface area contributed by atoms with E-state index in [2.05, 4.69) is 4.98 Å². The summed E-state index contributed by atoms with van der Waals surface area (Å²) in [6.07, 6.45) is 1.61. The van der Waals surface area contributed by atoms with Gasteiger partial charge >= 0.3 is 0 Å². The smallest absolute Gasteiger partial charge is 0.272 e. The van der Waals surface area contributed by atoms with Gasteiger partial charge in [-0.1, -0.05) is 24.3 Å². The molecule has 2 aromatic rings. The molecule has 1 aliphatic heterocycles. The van der Waals surface area contributed by atoms with E-state index in [0.717, 1.165) is 0 Å². The highest BCUT2D eigenvalue weighted by Crippen LogP contribution is 2.10. The summed E-state index contributed by atoms with van der Waals surface area (Å²) >= 11 is 0. The Kier molecular flexibility index (Phi) is 5.05. The first-order valence-electron chi connectivity index (χ1n) is 7.90. The number of pyridine rings is 1. The van der Waals surface area contributed by atoms with Gasteiger partial charge in [0.1, 0.15) is 11.4 Å². The number of hydrogen-bond acceptors (Lipinski definition) is 4. The van der Waals surface area contributed by atoms with Gasteiger partial charge in [0.05, 0.1) is 0 Å². The molecule has 24 heavy (non-hydrogen) atoms. The zero-order valence-corrected chi connectivity index (χ0v) is 13.3. The molecule has 0 bridgehead atoms. The van der Waals surface area contributed by atoms with Gasteiger partial charge in [0, 0.05) is 32.4 Å². The summed E-state index contributed by atoms with van der Waals surface area (Å²) in [7, 11) is 0. The standard InChI is InChI=1S/C18H19N3O3/c22-17(14-24-15-6-2-1-3-7-15)20-10-12-21(13-11-20)18(23)16-8-4-5-9-19-16/h1-9H,10-14H2. The van der Waals surface area contributed by atoms with Crippen molar-refractivity contribution in [1.29, 1.82) is 0 Å². The number of carbonyl (C=O) groups is 2. The van der Waals surface area contributed by atoms with E-state index in [-0.39, 0.29) is 18.4 Å². The molecule has 0 saturated carbocycles. The Bertz CT molecular complexity index is 683. The second-order valence-corrected chi connectivity index (χ2v) is 5.49. The minimum Gasteiger partial charge on any atom is -0.484 e. The normalized spacial score (nSPS) is 14.3. The Balaban J connectivity index is 1.48. The monoisotopic (exact) mass is 325 g/mol. The summed E-state index contributed by atoms with van der Waals surface area (Å²) in [5, 5.41) is 0. The van der Waals surface area contributed by atoms with E-state index < -0.39 is 0 Å². The lowest BCUT2D eigenvalue weighted by Gasteiger charge is -2.34. The van der Waals surface area contributed by atoms with Crippen LogP contribution in [0.5, 0.6) is 5.75 Å². The minimum atomic E-state index is -0.0942. The van der Waals surface area contributed by atoms with Crippen molar-refractivity contribution in [2.75, 3.05) is 32.8 Å². The highest BCUT2D eigenvalue weighted by molar-refractivity contribution is 5.92. The molecule has 1 fully saturated rings. The van der Waals surface area contributed by atoms with E-state index in [1.165, 1.54) is 0 Å². The first kappa shape index (κ1) is 16.0. The summed E-state index contributed by atoms with van der Waals surface area (Å²) < 4.78 is 5.48. The maximum Gasteiger partial charge on any atom is 0.272 e. The number of aromatic nitrogens is 1. The van der Waals surface area contributed by atoms with Gasteiger partial charge in [0.2, 0.25) is 0 Å². The van der Waals surface area contributed by atoms with Gasteiger partial charge in [-0.15, -0.1) is 0 Å². The van der Waals surface area contributed by atoms with Crippen molar-refractivity contribution >= 4 is 11.8 Å². The van der Waals surface area contributed by atoms with Gasteiger partial charge in [0.25, 0.3) is 11.8 Å². The second-order valence-electron chi connectivity index (χ2n) is 5.49. The molecular formula is C18H19N3O3. The fraction of sp³-hybridized carbons (Fsp3) is 0.278. The molecule has 1 saturated heterocycles. The van der Waals surface area contributed by atoms with E-state index in [4.69, 9.17) is 4.74 Å². The lowest BCUT2D eigenvalue weighted by molar-refractivity contribution is -0.134. The van der Waals surface area contributed by atoms with Crippen molar-refractivity contribution in [3.05, 3.63) is 60.4 Å². The molecule has 0 radical (unpaired) electrons. The van der Waals surface area contributed by atoms with Gasteiger partial charge in [-0.2, -0.15) is 0 Å². The van der Waals surface area contributed by atoms with Crippen LogP contribution in [-0.4, -0.2) is 59.4 Å². The Morgan fingerprint density at radius 3 is 2.25 bits per heavy atom. The van der Waals surface area contributed by atoms with Crippen LogP contribution in [0.4, 0.5) is 0 Å². The molecule has 0 unspecified atom stereocenters. The topological polar surface area (TPSA) is 62.7 Å². The van der Waals surface area contributed by atoms with Crippen LogP contribution >= 0.6 is 0 Å². The number of benzene rings is 1. The predicted molar refractivity (Wildman–Crippen MR) is 88.7 cm³/mol. The molecule has 1 aromatic carbocycles. The highest BCUT2D eigenvalue weighted by Gasteiger charge is 2.25. The van der Waals surface area contributed by atoms with Crippen molar-refractivity contribution in [3.63, 3.8) is 0 Å². The fourth-order valence-electron chi connectivity index (χ4n) is 2.56. The number of hydrogen-bond donors (Lipinski definition) is 0. The largest absolute Gasteiger partial charge is 0.484 e. The molecule has 0 aliphatic carbocycles. The highest BCUT2D eigenvalue weighted by atomic mass is 16.5. The molecule has 2 heterocycles. The van der Waals surface area contributed by atoms with Crippen LogP contribution in [-0.2, 0) is 4.79 Å². The number of piperazine rings is 1. The van der Waals surface area contributed by atoms with Crippen LogP contribution < -0.4 is 4.74 Å². The minimum absolute atomic E-state index is 0.0121. The van der Waals surface area contributed by atoms with Gasteiger partial charge in [-0.05, 0) is 24.3 Å². The number of amides is 2. The second kappa shape index (κ2) is 7.59. The first-order chi connectivity index (χ1) is 11.7. The molecule has 1 aromatic heterocycles. The molecule has 1 aliphatic rings. The Labute approximate surface area is 140 Å². The third-order valence-electron chi connectivity index (χ3n) is 3.91. The van der Waals surface area contributed by atoms with E-state index in [9.17, 15) is 9.59 Å². The zero-order chi connectivity index (χ0) is 16.8. The van der Waals surface area contributed by atoms with Gasteiger partial charge in [-0.25, -0.2) is 0 Å². The van der Waals surface area contributed by atoms with E-state index >= 15 is 0 Å². The van der Waals surface area contributed by atoms with Crippen molar-refractivity contribution in [2.45, 2.75) is 0 Å². The van der Waals surface area contributed by atoms with Crippen LogP contribution in [0.15, 0.2) is 54.7 Å². The lowest BCUT2D eigenvalue weighted by atomic mass is 10.2. The number of ether oxygens (including phenoxy) is 1. The predicted octanol–water partition coefficient (Wildman–Crippen LogP) is 1.45. The summed E-state index contributed by atoms with van der Waals surface area (Å²) in [5.74, 6) is 0.516. The fourth-order valence-corrected chi connectivity index (χ4v) is 2.56. The average molecular weight is 325 g/mol. The number of carbonyl (C=O) groups excluding carboxylic acids is 2. The Morgan fingerprint density at radius 1 is 0.917 bits per heavy atom. The molecular weight excluding hydrogens is 306 g/mol. The van der Waals surface area contributed by atoms with Crippen LogP contribution in [0.3, 0.4) is 0 Å². The first-order valence-corrected chi connectivity index (χ1v) is 7.90. The van der Waals surface area contributed by atoms with E-state index in [0.29, 0.717) is 37.6 Å². The average Bonchev–Trinajstić information content (AvgIpc) is 2.67. The molecule has 124 valence electrons. The summed E-state index contributed by atoms with van der Waals surface area (Å²) in [6.45, 7) is 2.04. The van der Waals surface area contributed by atoms with Gasteiger partial charge in [0.15, 0.2) is 6.61 Å². The molecule has 0 N–H and O–H groups in total. The van der Waals surface area contributed by atoms with Crippen LogP contribution in [0, 0.1) is 0 Å².